The van der Waals surface area contributed by atoms with Crippen molar-refractivity contribution in [1.29, 1.82) is 0 Å². The fourth-order valence-corrected chi connectivity index (χ4v) is 3.49. The molecule has 2 nitrogen and oxygen atoms in total. The van der Waals surface area contributed by atoms with Crippen LogP contribution in [-0.4, -0.2) is 10.2 Å². The van der Waals surface area contributed by atoms with Crippen LogP contribution in [0.5, 0.6) is 11.5 Å². The van der Waals surface area contributed by atoms with Gasteiger partial charge in [-0.3, -0.25) is 0 Å². The molecule has 0 unspecified atom stereocenters. The zero-order valence-corrected chi connectivity index (χ0v) is 18.5. The summed E-state index contributed by atoms with van der Waals surface area (Å²) in [4.78, 5) is 0. The molecule has 0 radical (unpaired) electrons. The molecule has 0 saturated carbocycles. The molecule has 0 aliphatic carbocycles. The maximum atomic E-state index is 9.42. The number of hydrogen-bond acceptors (Lipinski definition) is 2. The molecule has 0 spiro atoms. The van der Waals surface area contributed by atoms with Crippen molar-refractivity contribution in [1.82, 2.24) is 0 Å². The molecule has 0 atom stereocenters. The lowest BCUT2D eigenvalue weighted by atomic mass is 10.0. The van der Waals surface area contributed by atoms with Crippen LogP contribution in [0.1, 0.15) is 96.0 Å². The van der Waals surface area contributed by atoms with Gasteiger partial charge in [0.2, 0.25) is 0 Å². The van der Waals surface area contributed by atoms with Gasteiger partial charge in [0.05, 0.1) is 0 Å². The van der Waals surface area contributed by atoms with E-state index in [-0.39, 0.29) is 0 Å². The zero-order valence-electron chi connectivity index (χ0n) is 18.5. The third-order valence-corrected chi connectivity index (χ3v) is 5.24. The van der Waals surface area contributed by atoms with E-state index >= 15 is 0 Å². The molecule has 2 rings (SSSR count). The van der Waals surface area contributed by atoms with E-state index in [2.05, 4.69) is 13.0 Å². The SMILES string of the molecule is CCCCCCCCCCCCCCCc1cccc(O)c1.Oc1ccccc1. The Hall–Kier alpha value is -1.96. The molecule has 0 fully saturated rings. The molecule has 2 aromatic carbocycles. The molecule has 2 heteroatoms. The van der Waals surface area contributed by atoms with Crippen LogP contribution in [0.4, 0.5) is 0 Å². The van der Waals surface area contributed by atoms with E-state index < -0.39 is 0 Å². The van der Waals surface area contributed by atoms with E-state index in [9.17, 15) is 5.11 Å². The Labute approximate surface area is 179 Å². The molecular weight excluding hydrogens is 356 g/mol. The van der Waals surface area contributed by atoms with Crippen molar-refractivity contribution in [2.45, 2.75) is 96.8 Å². The molecule has 0 saturated heterocycles. The Morgan fingerprint density at radius 1 is 0.517 bits per heavy atom. The van der Waals surface area contributed by atoms with Crippen molar-refractivity contribution in [2.75, 3.05) is 0 Å². The quantitative estimate of drug-likeness (QED) is 0.313. The van der Waals surface area contributed by atoms with Gasteiger partial charge in [0, 0.05) is 0 Å². The van der Waals surface area contributed by atoms with Crippen molar-refractivity contribution in [2.24, 2.45) is 0 Å². The summed E-state index contributed by atoms with van der Waals surface area (Å²) in [6.07, 6.45) is 19.3. The van der Waals surface area contributed by atoms with E-state index in [1.54, 1.807) is 30.3 Å². The van der Waals surface area contributed by atoms with Gasteiger partial charge in [-0.1, -0.05) is 114 Å². The van der Waals surface area contributed by atoms with Crippen molar-refractivity contribution in [3.8, 4) is 11.5 Å². The van der Waals surface area contributed by atoms with Gasteiger partial charge in [0.15, 0.2) is 0 Å². The standard InChI is InChI=1S/C21H36O.C6H6O/c1-2-3-4-5-6-7-8-9-10-11-12-13-14-16-20-17-15-18-21(22)19-20;7-6-4-2-1-3-5-6/h15,17-19,22H,2-14,16H2,1H3;1-5,7H. The summed E-state index contributed by atoms with van der Waals surface area (Å²) >= 11 is 0. The number of aromatic hydroxyl groups is 2. The normalized spacial score (nSPS) is 10.4. The molecule has 2 N–H and O–H groups in total. The summed E-state index contributed by atoms with van der Waals surface area (Å²) < 4.78 is 0. The number of aryl methyl sites for hydroxylation is 1. The molecule has 0 aliphatic heterocycles. The number of unbranched alkanes of at least 4 members (excludes halogenated alkanes) is 12. The number of rotatable bonds is 14. The average molecular weight is 399 g/mol. The van der Waals surface area contributed by atoms with Crippen LogP contribution >= 0.6 is 0 Å². The molecule has 162 valence electrons. The van der Waals surface area contributed by atoms with Gasteiger partial charge >= 0.3 is 0 Å². The minimum Gasteiger partial charge on any atom is -0.508 e. The van der Waals surface area contributed by atoms with E-state index in [0.717, 1.165) is 6.42 Å². The number of para-hydroxylation sites is 1. The van der Waals surface area contributed by atoms with Gasteiger partial charge in [0.25, 0.3) is 0 Å². The Kier molecular flexibility index (Phi) is 15.6. The van der Waals surface area contributed by atoms with E-state index in [0.29, 0.717) is 11.5 Å². The predicted molar refractivity (Wildman–Crippen MR) is 126 cm³/mol. The summed E-state index contributed by atoms with van der Waals surface area (Å²) in [5.41, 5.74) is 1.27. The third kappa shape index (κ3) is 15.6. The predicted octanol–water partition coefficient (Wildman–Crippen LogP) is 8.42. The Morgan fingerprint density at radius 2 is 1.00 bits per heavy atom. The first kappa shape index (κ1) is 25.1. The van der Waals surface area contributed by atoms with Crippen LogP contribution in [0.3, 0.4) is 0 Å². The highest BCUT2D eigenvalue weighted by molar-refractivity contribution is 5.27. The first-order chi connectivity index (χ1) is 14.2. The van der Waals surface area contributed by atoms with E-state index in [1.165, 1.54) is 89.0 Å². The number of phenolic OH excluding ortho intramolecular Hbond substituents is 2. The highest BCUT2D eigenvalue weighted by Gasteiger charge is 1.96. The summed E-state index contributed by atoms with van der Waals surface area (Å²) in [5.74, 6) is 0.717. The second-order valence-corrected chi connectivity index (χ2v) is 8.00. The van der Waals surface area contributed by atoms with Crippen molar-refractivity contribution in [3.63, 3.8) is 0 Å². The van der Waals surface area contributed by atoms with Crippen LogP contribution in [0, 0.1) is 0 Å². The van der Waals surface area contributed by atoms with Crippen LogP contribution in [0.25, 0.3) is 0 Å². The third-order valence-electron chi connectivity index (χ3n) is 5.24. The minimum atomic E-state index is 0.322. The van der Waals surface area contributed by atoms with Gasteiger partial charge in [-0.2, -0.15) is 0 Å². The lowest BCUT2D eigenvalue weighted by Crippen LogP contribution is -1.86. The first-order valence-electron chi connectivity index (χ1n) is 11.7. The van der Waals surface area contributed by atoms with Crippen molar-refractivity contribution >= 4 is 0 Å². The fraction of sp³-hybridized carbons (Fsp3) is 0.556. The van der Waals surface area contributed by atoms with Crippen LogP contribution in [-0.2, 0) is 6.42 Å². The number of phenols is 2. The molecular formula is C27H42O2. The molecule has 0 heterocycles. The van der Waals surface area contributed by atoms with Crippen molar-refractivity contribution in [3.05, 3.63) is 60.2 Å². The summed E-state index contributed by atoms with van der Waals surface area (Å²) in [7, 11) is 0. The molecule has 2 aromatic rings. The first-order valence-corrected chi connectivity index (χ1v) is 11.7. The summed E-state index contributed by atoms with van der Waals surface area (Å²) in [5, 5.41) is 18.0. The highest BCUT2D eigenvalue weighted by atomic mass is 16.3. The average Bonchev–Trinajstić information content (AvgIpc) is 2.72. The van der Waals surface area contributed by atoms with Crippen LogP contribution < -0.4 is 0 Å². The maximum absolute atomic E-state index is 9.42. The van der Waals surface area contributed by atoms with Crippen LogP contribution in [0.15, 0.2) is 54.6 Å². The topological polar surface area (TPSA) is 40.5 Å². The van der Waals surface area contributed by atoms with E-state index in [4.69, 9.17) is 5.11 Å². The summed E-state index contributed by atoms with van der Waals surface area (Å²) in [6.45, 7) is 2.28. The molecule has 0 aromatic heterocycles. The number of benzene rings is 2. The molecule has 0 aliphatic rings. The lowest BCUT2D eigenvalue weighted by Gasteiger charge is -2.04. The van der Waals surface area contributed by atoms with Crippen molar-refractivity contribution < 1.29 is 10.2 Å². The monoisotopic (exact) mass is 398 g/mol. The molecule has 0 amide bonds. The molecule has 0 bridgehead atoms. The second kappa shape index (κ2) is 18.1. The minimum absolute atomic E-state index is 0.322. The maximum Gasteiger partial charge on any atom is 0.115 e. The Morgan fingerprint density at radius 3 is 1.45 bits per heavy atom. The van der Waals surface area contributed by atoms with Gasteiger partial charge in [-0.15, -0.1) is 0 Å². The van der Waals surface area contributed by atoms with E-state index in [1.807, 2.05) is 18.2 Å². The largest absolute Gasteiger partial charge is 0.508 e. The number of hydrogen-bond donors (Lipinski definition) is 2. The lowest BCUT2D eigenvalue weighted by molar-refractivity contribution is 0.474. The van der Waals surface area contributed by atoms with Gasteiger partial charge < -0.3 is 10.2 Å². The highest BCUT2D eigenvalue weighted by Crippen LogP contribution is 2.15. The van der Waals surface area contributed by atoms with Crippen LogP contribution in [0.2, 0.25) is 0 Å². The smallest absolute Gasteiger partial charge is 0.115 e. The van der Waals surface area contributed by atoms with Gasteiger partial charge in [-0.25, -0.2) is 0 Å². The second-order valence-electron chi connectivity index (χ2n) is 8.00. The summed E-state index contributed by atoms with van der Waals surface area (Å²) in [6, 6.07) is 16.4. The Bertz CT molecular complexity index is 594. The van der Waals surface area contributed by atoms with Gasteiger partial charge in [-0.05, 0) is 42.7 Å². The zero-order chi connectivity index (χ0) is 21.0. The fourth-order valence-electron chi connectivity index (χ4n) is 3.49. The molecule has 29 heavy (non-hydrogen) atoms. The Balaban J connectivity index is 0.000000502. The van der Waals surface area contributed by atoms with Gasteiger partial charge in [0.1, 0.15) is 11.5 Å².